The molecule has 0 bridgehead atoms. The molecule has 0 aliphatic carbocycles. The summed E-state index contributed by atoms with van der Waals surface area (Å²) in [5, 5.41) is 0. The van der Waals surface area contributed by atoms with Crippen molar-refractivity contribution in [2.45, 2.75) is 30.8 Å². The lowest BCUT2D eigenvalue weighted by Crippen LogP contribution is -2.56. The second-order valence-corrected chi connectivity index (χ2v) is 8.24. The third-order valence-electron chi connectivity index (χ3n) is 6.40. The zero-order valence-corrected chi connectivity index (χ0v) is 17.1. The zero-order chi connectivity index (χ0) is 21.3. The maximum atomic E-state index is 14.0. The molecule has 7 nitrogen and oxygen atoms in total. The van der Waals surface area contributed by atoms with Crippen molar-refractivity contribution in [1.82, 2.24) is 14.7 Å². The van der Waals surface area contributed by atoms with Gasteiger partial charge in [-0.2, -0.15) is 0 Å². The van der Waals surface area contributed by atoms with Gasteiger partial charge in [-0.15, -0.1) is 0 Å². The van der Waals surface area contributed by atoms with Gasteiger partial charge >= 0.3 is 6.03 Å². The standard InChI is InChI=1S/C21H27F2N3O4/c1-29-11-9-25-13-21(6-10-30-14-21)26(20(25)28)16-4-7-24(8-5-16)19(27)17-12-15(22)2-3-18(17)23/h2-3,12,16H,4-11,13-14H2,1H3. The number of carbonyl (C=O) groups is 2. The number of ether oxygens (including phenoxy) is 2. The van der Waals surface area contributed by atoms with Crippen LogP contribution in [0.3, 0.4) is 0 Å². The second-order valence-electron chi connectivity index (χ2n) is 8.24. The average molecular weight is 423 g/mol. The fraction of sp³-hybridized carbons (Fsp3) is 0.619. The van der Waals surface area contributed by atoms with Crippen LogP contribution in [0.15, 0.2) is 18.2 Å². The molecule has 3 aliphatic rings. The first-order valence-electron chi connectivity index (χ1n) is 10.3. The van der Waals surface area contributed by atoms with E-state index in [1.54, 1.807) is 7.11 Å². The number of piperidine rings is 1. The highest BCUT2D eigenvalue weighted by atomic mass is 19.1. The lowest BCUT2D eigenvalue weighted by molar-refractivity contribution is 0.0495. The summed E-state index contributed by atoms with van der Waals surface area (Å²) in [5.74, 6) is -1.88. The predicted octanol–water partition coefficient (Wildman–Crippen LogP) is 2.11. The number of likely N-dealkylation sites (tertiary alicyclic amines) is 1. The van der Waals surface area contributed by atoms with E-state index < -0.39 is 17.5 Å². The average Bonchev–Trinajstić information content (AvgIpc) is 3.32. The topological polar surface area (TPSA) is 62.3 Å². The number of methoxy groups -OCH3 is 1. The molecule has 3 heterocycles. The van der Waals surface area contributed by atoms with Gasteiger partial charge in [0.15, 0.2) is 0 Å². The number of carbonyl (C=O) groups excluding carboxylic acids is 2. The van der Waals surface area contributed by atoms with Gasteiger partial charge in [0.1, 0.15) is 11.6 Å². The third-order valence-corrected chi connectivity index (χ3v) is 6.40. The minimum absolute atomic E-state index is 0.0153. The predicted molar refractivity (Wildman–Crippen MR) is 104 cm³/mol. The Kier molecular flexibility index (Phi) is 5.92. The van der Waals surface area contributed by atoms with Gasteiger partial charge in [-0.1, -0.05) is 0 Å². The summed E-state index contributed by atoms with van der Waals surface area (Å²) < 4.78 is 38.3. The third kappa shape index (κ3) is 3.76. The number of benzene rings is 1. The largest absolute Gasteiger partial charge is 0.383 e. The van der Waals surface area contributed by atoms with Crippen molar-refractivity contribution in [3.05, 3.63) is 35.4 Å². The normalized spacial score (nSPS) is 25.0. The number of halogens is 2. The molecule has 0 aromatic heterocycles. The number of rotatable bonds is 5. The molecule has 3 aliphatic heterocycles. The van der Waals surface area contributed by atoms with E-state index in [9.17, 15) is 18.4 Å². The maximum absolute atomic E-state index is 14.0. The number of hydrogen-bond acceptors (Lipinski definition) is 4. The molecule has 30 heavy (non-hydrogen) atoms. The van der Waals surface area contributed by atoms with Crippen LogP contribution in [-0.4, -0.2) is 91.3 Å². The van der Waals surface area contributed by atoms with Crippen LogP contribution in [0, 0.1) is 11.6 Å². The molecule has 1 aromatic carbocycles. The molecule has 3 fully saturated rings. The van der Waals surface area contributed by atoms with Gasteiger partial charge in [0, 0.05) is 45.9 Å². The van der Waals surface area contributed by atoms with Gasteiger partial charge in [0.25, 0.3) is 5.91 Å². The van der Waals surface area contributed by atoms with Gasteiger partial charge in [-0.25, -0.2) is 13.6 Å². The minimum atomic E-state index is -0.728. The van der Waals surface area contributed by atoms with Crippen LogP contribution in [0.1, 0.15) is 29.6 Å². The molecule has 1 atom stereocenters. The van der Waals surface area contributed by atoms with Crippen LogP contribution >= 0.6 is 0 Å². The van der Waals surface area contributed by atoms with Crippen molar-refractivity contribution in [3.8, 4) is 0 Å². The van der Waals surface area contributed by atoms with E-state index >= 15 is 0 Å². The van der Waals surface area contributed by atoms with Gasteiger partial charge in [-0.05, 0) is 37.5 Å². The van der Waals surface area contributed by atoms with E-state index in [2.05, 4.69) is 0 Å². The Labute approximate surface area is 174 Å². The van der Waals surface area contributed by atoms with Crippen molar-refractivity contribution in [1.29, 1.82) is 0 Å². The Morgan fingerprint density at radius 2 is 2.07 bits per heavy atom. The Morgan fingerprint density at radius 3 is 2.73 bits per heavy atom. The monoisotopic (exact) mass is 423 g/mol. The van der Waals surface area contributed by atoms with Crippen molar-refractivity contribution in [2.24, 2.45) is 0 Å². The molecule has 9 heteroatoms. The Morgan fingerprint density at radius 1 is 1.30 bits per heavy atom. The molecular formula is C21H27F2N3O4. The number of urea groups is 1. The summed E-state index contributed by atoms with van der Waals surface area (Å²) in [5.41, 5.74) is -0.590. The molecule has 1 spiro atoms. The van der Waals surface area contributed by atoms with Crippen LogP contribution in [0.2, 0.25) is 0 Å². The van der Waals surface area contributed by atoms with E-state index in [1.807, 2.05) is 9.80 Å². The first kappa shape index (κ1) is 21.0. The van der Waals surface area contributed by atoms with E-state index in [0.717, 1.165) is 24.6 Å². The quantitative estimate of drug-likeness (QED) is 0.728. The zero-order valence-electron chi connectivity index (χ0n) is 17.1. The van der Waals surface area contributed by atoms with Crippen LogP contribution in [0.4, 0.5) is 13.6 Å². The minimum Gasteiger partial charge on any atom is -0.383 e. The molecule has 0 N–H and O–H groups in total. The van der Waals surface area contributed by atoms with Crippen molar-refractivity contribution in [2.75, 3.05) is 53.1 Å². The Balaban J connectivity index is 1.45. The number of amides is 3. The highest BCUT2D eigenvalue weighted by molar-refractivity contribution is 5.94. The Hall–Kier alpha value is -2.26. The van der Waals surface area contributed by atoms with Crippen molar-refractivity contribution in [3.63, 3.8) is 0 Å². The smallest absolute Gasteiger partial charge is 0.321 e. The first-order chi connectivity index (χ1) is 14.4. The summed E-state index contributed by atoms with van der Waals surface area (Å²) in [4.78, 5) is 31.2. The van der Waals surface area contributed by atoms with E-state index in [1.165, 1.54) is 4.90 Å². The van der Waals surface area contributed by atoms with E-state index in [4.69, 9.17) is 9.47 Å². The van der Waals surface area contributed by atoms with E-state index in [-0.39, 0.29) is 23.2 Å². The summed E-state index contributed by atoms with van der Waals surface area (Å²) in [6.07, 6.45) is 1.97. The van der Waals surface area contributed by atoms with Gasteiger partial charge < -0.3 is 24.2 Å². The summed E-state index contributed by atoms with van der Waals surface area (Å²) in [6.45, 7) is 3.53. The summed E-state index contributed by atoms with van der Waals surface area (Å²) in [6, 6.07) is 2.87. The highest BCUT2D eigenvalue weighted by Gasteiger charge is 2.54. The second kappa shape index (κ2) is 8.47. The molecule has 3 amide bonds. The maximum Gasteiger partial charge on any atom is 0.321 e. The summed E-state index contributed by atoms with van der Waals surface area (Å²) >= 11 is 0. The first-order valence-corrected chi connectivity index (χ1v) is 10.3. The van der Waals surface area contributed by atoms with Crippen molar-refractivity contribution < 1.29 is 27.8 Å². The molecule has 1 aromatic rings. The summed E-state index contributed by atoms with van der Waals surface area (Å²) in [7, 11) is 1.61. The Bertz CT molecular complexity index is 807. The number of nitrogens with zero attached hydrogens (tertiary/aromatic N) is 3. The molecule has 0 radical (unpaired) electrons. The molecule has 1 unspecified atom stereocenters. The van der Waals surface area contributed by atoms with Crippen molar-refractivity contribution >= 4 is 11.9 Å². The van der Waals surface area contributed by atoms with Crippen LogP contribution < -0.4 is 0 Å². The highest BCUT2D eigenvalue weighted by Crippen LogP contribution is 2.38. The van der Waals surface area contributed by atoms with Gasteiger partial charge in [0.2, 0.25) is 0 Å². The molecular weight excluding hydrogens is 396 g/mol. The fourth-order valence-electron chi connectivity index (χ4n) is 4.84. The van der Waals surface area contributed by atoms with E-state index in [0.29, 0.717) is 58.8 Å². The molecule has 164 valence electrons. The van der Waals surface area contributed by atoms with Gasteiger partial charge in [0.05, 0.1) is 24.3 Å². The number of hydrogen-bond donors (Lipinski definition) is 0. The van der Waals surface area contributed by atoms with Crippen LogP contribution in [0.25, 0.3) is 0 Å². The van der Waals surface area contributed by atoms with Crippen LogP contribution in [0.5, 0.6) is 0 Å². The SMILES string of the molecule is COCCN1CC2(CCOC2)N(C2CCN(C(=O)c3cc(F)ccc3F)CC2)C1=O. The molecule has 4 rings (SSSR count). The molecule has 3 saturated heterocycles. The lowest BCUT2D eigenvalue weighted by Gasteiger charge is -2.42. The van der Waals surface area contributed by atoms with Crippen LogP contribution in [-0.2, 0) is 9.47 Å². The fourth-order valence-corrected chi connectivity index (χ4v) is 4.84. The van der Waals surface area contributed by atoms with Gasteiger partial charge in [-0.3, -0.25) is 4.79 Å². The molecule has 0 saturated carbocycles. The lowest BCUT2D eigenvalue weighted by atomic mass is 9.92.